The number of nitrogens with two attached hydrogens (primary N) is 1. The quantitative estimate of drug-likeness (QED) is 0.766. The van der Waals surface area contributed by atoms with Gasteiger partial charge in [-0.05, 0) is 32.4 Å². The fourth-order valence-electron chi connectivity index (χ4n) is 2.68. The molecule has 1 atom stereocenters. The third-order valence-electron chi connectivity index (χ3n) is 3.85. The van der Waals surface area contributed by atoms with E-state index >= 15 is 0 Å². The van der Waals surface area contributed by atoms with E-state index in [2.05, 4.69) is 35.2 Å². The van der Waals surface area contributed by atoms with Crippen LogP contribution in [0.4, 0.5) is 0 Å². The van der Waals surface area contributed by atoms with Gasteiger partial charge in [0.15, 0.2) is 0 Å². The summed E-state index contributed by atoms with van der Waals surface area (Å²) in [4.78, 5) is 4.49. The normalized spacial score (nSPS) is 12.0. The van der Waals surface area contributed by atoms with Crippen LogP contribution in [0.25, 0.3) is 11.4 Å². The molecule has 0 saturated carbocycles. The minimum atomic E-state index is 0. The molecule has 24 heavy (non-hydrogen) atoms. The second-order valence-corrected chi connectivity index (χ2v) is 5.84. The molecule has 7 heteroatoms. The van der Waals surface area contributed by atoms with Gasteiger partial charge in [-0.2, -0.15) is 10.1 Å². The summed E-state index contributed by atoms with van der Waals surface area (Å²) in [6, 6.07) is 10.1. The van der Waals surface area contributed by atoms with Crippen molar-refractivity contribution in [2.24, 2.45) is 5.73 Å². The highest BCUT2D eigenvalue weighted by Gasteiger charge is 2.15. The maximum Gasteiger partial charge on any atom is 0.229 e. The SMILES string of the molecule is Cc1cc(C)n(C(C)Cc2nc(-c3ccc(CN)cc3)no2)n1.Cl. The van der Waals surface area contributed by atoms with E-state index in [1.54, 1.807) is 0 Å². The molecule has 2 aromatic heterocycles. The van der Waals surface area contributed by atoms with Crippen LogP contribution >= 0.6 is 12.4 Å². The molecular formula is C17H22ClN5O. The van der Waals surface area contributed by atoms with Crippen LogP contribution in [-0.2, 0) is 13.0 Å². The summed E-state index contributed by atoms with van der Waals surface area (Å²) in [5, 5.41) is 8.57. The minimum absolute atomic E-state index is 0. The van der Waals surface area contributed by atoms with Crippen molar-refractivity contribution in [2.75, 3.05) is 0 Å². The monoisotopic (exact) mass is 347 g/mol. The number of hydrogen-bond donors (Lipinski definition) is 1. The fraction of sp³-hybridized carbons (Fsp3) is 0.353. The van der Waals surface area contributed by atoms with Gasteiger partial charge >= 0.3 is 0 Å². The minimum Gasteiger partial charge on any atom is -0.339 e. The number of nitrogens with zero attached hydrogens (tertiary/aromatic N) is 4. The van der Waals surface area contributed by atoms with E-state index < -0.39 is 0 Å². The predicted molar refractivity (Wildman–Crippen MR) is 95.0 cm³/mol. The summed E-state index contributed by atoms with van der Waals surface area (Å²) < 4.78 is 7.38. The fourth-order valence-corrected chi connectivity index (χ4v) is 2.68. The molecule has 1 aromatic carbocycles. The van der Waals surface area contributed by atoms with Gasteiger partial charge in [-0.15, -0.1) is 12.4 Å². The first-order chi connectivity index (χ1) is 11.1. The Labute approximate surface area is 147 Å². The third kappa shape index (κ3) is 3.83. The zero-order chi connectivity index (χ0) is 16.4. The van der Waals surface area contributed by atoms with Crippen LogP contribution in [0.1, 0.15) is 35.8 Å². The number of rotatable bonds is 5. The highest BCUT2D eigenvalue weighted by molar-refractivity contribution is 5.85. The van der Waals surface area contributed by atoms with Crippen molar-refractivity contribution >= 4 is 12.4 Å². The molecule has 0 bridgehead atoms. The van der Waals surface area contributed by atoms with E-state index in [1.807, 2.05) is 35.9 Å². The Bertz CT molecular complexity index is 794. The van der Waals surface area contributed by atoms with Gasteiger partial charge in [0.25, 0.3) is 0 Å². The summed E-state index contributed by atoms with van der Waals surface area (Å²) >= 11 is 0. The van der Waals surface area contributed by atoms with Crippen LogP contribution < -0.4 is 5.73 Å². The van der Waals surface area contributed by atoms with Crippen molar-refractivity contribution in [3.63, 3.8) is 0 Å². The Morgan fingerprint density at radius 1 is 1.21 bits per heavy atom. The molecule has 0 spiro atoms. The van der Waals surface area contributed by atoms with Crippen molar-refractivity contribution in [3.8, 4) is 11.4 Å². The molecule has 0 aliphatic heterocycles. The molecule has 3 aromatic rings. The molecule has 6 nitrogen and oxygen atoms in total. The van der Waals surface area contributed by atoms with Crippen LogP contribution in [-0.4, -0.2) is 19.9 Å². The largest absolute Gasteiger partial charge is 0.339 e. The summed E-state index contributed by atoms with van der Waals surface area (Å²) in [5.41, 5.74) is 9.76. The van der Waals surface area contributed by atoms with E-state index in [0.717, 1.165) is 22.5 Å². The first-order valence-corrected chi connectivity index (χ1v) is 7.71. The maximum atomic E-state index is 5.61. The van der Waals surface area contributed by atoms with Crippen molar-refractivity contribution in [1.82, 2.24) is 19.9 Å². The number of halogens is 1. The summed E-state index contributed by atoms with van der Waals surface area (Å²) in [6.07, 6.45) is 0.649. The zero-order valence-corrected chi connectivity index (χ0v) is 14.9. The molecule has 0 radical (unpaired) electrons. The van der Waals surface area contributed by atoms with Gasteiger partial charge in [0.1, 0.15) is 0 Å². The molecular weight excluding hydrogens is 326 g/mol. The summed E-state index contributed by atoms with van der Waals surface area (Å²) in [7, 11) is 0. The van der Waals surface area contributed by atoms with E-state index in [0.29, 0.717) is 24.7 Å². The van der Waals surface area contributed by atoms with Crippen molar-refractivity contribution in [1.29, 1.82) is 0 Å². The molecule has 128 valence electrons. The molecule has 0 aliphatic carbocycles. The van der Waals surface area contributed by atoms with Crippen LogP contribution in [0.2, 0.25) is 0 Å². The lowest BCUT2D eigenvalue weighted by molar-refractivity contribution is 0.347. The first-order valence-electron chi connectivity index (χ1n) is 7.71. The average Bonchev–Trinajstić information content (AvgIpc) is 3.13. The van der Waals surface area contributed by atoms with Crippen molar-refractivity contribution in [3.05, 3.63) is 53.2 Å². The van der Waals surface area contributed by atoms with Crippen molar-refractivity contribution in [2.45, 2.75) is 39.8 Å². The molecule has 0 saturated heterocycles. The molecule has 0 aliphatic rings. The lowest BCUT2D eigenvalue weighted by Crippen LogP contribution is -2.11. The van der Waals surface area contributed by atoms with Crippen LogP contribution in [0.15, 0.2) is 34.9 Å². The Balaban J connectivity index is 0.00000208. The molecule has 1 unspecified atom stereocenters. The van der Waals surface area contributed by atoms with Gasteiger partial charge in [0, 0.05) is 24.2 Å². The lowest BCUT2D eigenvalue weighted by atomic mass is 10.1. The first kappa shape index (κ1) is 18.2. The Morgan fingerprint density at radius 3 is 2.50 bits per heavy atom. The zero-order valence-electron chi connectivity index (χ0n) is 14.1. The van der Waals surface area contributed by atoms with E-state index in [9.17, 15) is 0 Å². The second kappa shape index (κ2) is 7.59. The van der Waals surface area contributed by atoms with Gasteiger partial charge in [0.2, 0.25) is 11.7 Å². The Kier molecular flexibility index (Phi) is 5.75. The van der Waals surface area contributed by atoms with Crippen LogP contribution in [0.3, 0.4) is 0 Å². The standard InChI is InChI=1S/C17H21N5O.ClH/c1-11-8-12(2)22(20-11)13(3)9-16-19-17(21-23-16)15-6-4-14(10-18)5-7-15;/h4-8,13H,9-10,18H2,1-3H3;1H. The Hall–Kier alpha value is -2.18. The molecule has 2 N–H and O–H groups in total. The number of hydrogen-bond acceptors (Lipinski definition) is 5. The maximum absolute atomic E-state index is 5.61. The summed E-state index contributed by atoms with van der Waals surface area (Å²) in [6.45, 7) is 6.66. The van der Waals surface area contributed by atoms with Gasteiger partial charge in [-0.25, -0.2) is 0 Å². The highest BCUT2D eigenvalue weighted by atomic mass is 35.5. The predicted octanol–water partition coefficient (Wildman–Crippen LogP) is 3.23. The number of aromatic nitrogens is 4. The van der Waals surface area contributed by atoms with E-state index in [4.69, 9.17) is 10.3 Å². The Morgan fingerprint density at radius 2 is 1.92 bits per heavy atom. The number of benzene rings is 1. The molecule has 0 fully saturated rings. The van der Waals surface area contributed by atoms with Gasteiger partial charge in [-0.1, -0.05) is 29.4 Å². The number of aryl methyl sites for hydroxylation is 2. The van der Waals surface area contributed by atoms with Gasteiger partial charge < -0.3 is 10.3 Å². The van der Waals surface area contributed by atoms with Crippen LogP contribution in [0.5, 0.6) is 0 Å². The smallest absolute Gasteiger partial charge is 0.229 e. The lowest BCUT2D eigenvalue weighted by Gasteiger charge is -2.11. The van der Waals surface area contributed by atoms with Gasteiger partial charge in [0.05, 0.1) is 11.7 Å². The topological polar surface area (TPSA) is 82.8 Å². The second-order valence-electron chi connectivity index (χ2n) is 5.84. The molecule has 0 amide bonds. The highest BCUT2D eigenvalue weighted by Crippen LogP contribution is 2.20. The van der Waals surface area contributed by atoms with Crippen molar-refractivity contribution < 1.29 is 4.52 Å². The average molecular weight is 348 g/mol. The van der Waals surface area contributed by atoms with E-state index in [1.165, 1.54) is 0 Å². The third-order valence-corrected chi connectivity index (χ3v) is 3.85. The van der Waals surface area contributed by atoms with Crippen LogP contribution in [0, 0.1) is 13.8 Å². The van der Waals surface area contributed by atoms with E-state index in [-0.39, 0.29) is 18.4 Å². The van der Waals surface area contributed by atoms with Gasteiger partial charge in [-0.3, -0.25) is 4.68 Å². The molecule has 2 heterocycles. The summed E-state index contributed by atoms with van der Waals surface area (Å²) in [5.74, 6) is 1.21. The molecule has 3 rings (SSSR count).